The molecule has 6 aromatic rings. The summed E-state index contributed by atoms with van der Waals surface area (Å²) in [5.74, 6) is 0. The van der Waals surface area contributed by atoms with Gasteiger partial charge in [0.1, 0.15) is 5.69 Å². The van der Waals surface area contributed by atoms with Crippen molar-refractivity contribution in [1.29, 1.82) is 0 Å². The van der Waals surface area contributed by atoms with Crippen molar-refractivity contribution in [1.82, 2.24) is 25.4 Å². The van der Waals surface area contributed by atoms with E-state index in [4.69, 9.17) is 0 Å². The predicted molar refractivity (Wildman–Crippen MR) is 146 cm³/mol. The maximum atomic E-state index is 13.3. The van der Waals surface area contributed by atoms with Crippen molar-refractivity contribution < 1.29 is 13.5 Å². The van der Waals surface area contributed by atoms with Gasteiger partial charge in [0.2, 0.25) is 0 Å². The standard InChI is InChI=1S/C26H24N6O3S2/c1-26(2,33)12-15-8-18(37(34,35)32-17-6-4-3-5-7-17)9-20-19(15)10-21(29-20)24-25-22(30-31-24)11-23(36-25)16-13-27-28-14-16/h3-11,13-14,29,32-33H,12H2,1-2H3,(H,27,28)(H,30,31). The molecule has 0 amide bonds. The number of aliphatic hydroxyl groups is 1. The summed E-state index contributed by atoms with van der Waals surface area (Å²) in [6.07, 6.45) is 3.89. The summed E-state index contributed by atoms with van der Waals surface area (Å²) >= 11 is 1.60. The average Bonchev–Trinajstić information content (AvgIpc) is 3.60. The van der Waals surface area contributed by atoms with Crippen LogP contribution in [0.4, 0.5) is 5.69 Å². The summed E-state index contributed by atoms with van der Waals surface area (Å²) in [6.45, 7) is 3.41. The molecule has 6 rings (SSSR count). The molecule has 0 spiro atoms. The van der Waals surface area contributed by atoms with Gasteiger partial charge in [0.05, 0.1) is 32.6 Å². The van der Waals surface area contributed by atoms with E-state index in [-0.39, 0.29) is 11.3 Å². The van der Waals surface area contributed by atoms with E-state index in [1.807, 2.05) is 24.4 Å². The number of thiophene rings is 1. The number of nitrogens with one attached hydrogen (secondary N) is 4. The van der Waals surface area contributed by atoms with Crippen molar-refractivity contribution in [2.45, 2.75) is 30.8 Å². The summed E-state index contributed by atoms with van der Waals surface area (Å²) in [4.78, 5) is 4.54. The van der Waals surface area contributed by atoms with Gasteiger partial charge in [0.15, 0.2) is 0 Å². The number of H-pyrrole nitrogens is 3. The Labute approximate surface area is 216 Å². The molecule has 0 unspecified atom stereocenters. The Balaban J connectivity index is 1.47. The van der Waals surface area contributed by atoms with Crippen LogP contribution < -0.4 is 4.72 Å². The second-order valence-electron chi connectivity index (χ2n) is 9.60. The van der Waals surface area contributed by atoms with E-state index in [0.29, 0.717) is 11.2 Å². The van der Waals surface area contributed by atoms with Crippen LogP contribution in [0.15, 0.2) is 71.9 Å². The molecule has 0 saturated heterocycles. The molecule has 4 heterocycles. The van der Waals surface area contributed by atoms with Crippen molar-refractivity contribution in [2.75, 3.05) is 4.72 Å². The number of para-hydroxylation sites is 1. The Kier molecular flexibility index (Phi) is 5.44. The highest BCUT2D eigenvalue weighted by Gasteiger charge is 2.23. The highest BCUT2D eigenvalue weighted by atomic mass is 32.2. The van der Waals surface area contributed by atoms with Crippen molar-refractivity contribution in [3.05, 3.63) is 72.6 Å². The summed E-state index contributed by atoms with van der Waals surface area (Å²) in [5.41, 5.74) is 4.20. The third-order valence-corrected chi connectivity index (χ3v) is 8.58. The Morgan fingerprint density at radius 2 is 1.89 bits per heavy atom. The molecule has 5 N–H and O–H groups in total. The van der Waals surface area contributed by atoms with E-state index in [1.54, 1.807) is 67.8 Å². The number of aromatic nitrogens is 5. The molecule has 0 bridgehead atoms. The van der Waals surface area contributed by atoms with Gasteiger partial charge in [-0.3, -0.25) is 14.9 Å². The van der Waals surface area contributed by atoms with Gasteiger partial charge in [-0.15, -0.1) is 11.3 Å². The van der Waals surface area contributed by atoms with E-state index in [2.05, 4.69) is 30.1 Å². The normalized spacial score (nSPS) is 12.5. The smallest absolute Gasteiger partial charge is 0.261 e. The number of hydrogen-bond donors (Lipinski definition) is 5. The zero-order valence-corrected chi connectivity index (χ0v) is 21.7. The highest BCUT2D eigenvalue weighted by molar-refractivity contribution is 7.92. The minimum Gasteiger partial charge on any atom is -0.390 e. The lowest BCUT2D eigenvalue weighted by atomic mass is 9.96. The van der Waals surface area contributed by atoms with E-state index in [9.17, 15) is 13.5 Å². The highest BCUT2D eigenvalue weighted by Crippen LogP contribution is 2.39. The molecule has 0 radical (unpaired) electrons. The van der Waals surface area contributed by atoms with Gasteiger partial charge in [-0.2, -0.15) is 10.2 Å². The number of anilines is 1. The maximum absolute atomic E-state index is 13.3. The fourth-order valence-electron chi connectivity index (χ4n) is 4.43. The van der Waals surface area contributed by atoms with E-state index in [0.717, 1.165) is 43.0 Å². The molecular weight excluding hydrogens is 508 g/mol. The van der Waals surface area contributed by atoms with Gasteiger partial charge in [-0.05, 0) is 55.8 Å². The van der Waals surface area contributed by atoms with Crippen molar-refractivity contribution in [3.8, 4) is 21.8 Å². The third-order valence-electron chi connectivity index (χ3n) is 6.03. The fourth-order valence-corrected chi connectivity index (χ4v) is 6.65. The van der Waals surface area contributed by atoms with Gasteiger partial charge in [-0.1, -0.05) is 18.2 Å². The first-order valence-electron chi connectivity index (χ1n) is 11.6. The lowest BCUT2D eigenvalue weighted by molar-refractivity contribution is 0.0813. The fraction of sp³-hybridized carbons (Fsp3) is 0.154. The minimum atomic E-state index is -3.86. The minimum absolute atomic E-state index is 0.113. The van der Waals surface area contributed by atoms with Crippen molar-refractivity contribution in [2.24, 2.45) is 0 Å². The van der Waals surface area contributed by atoms with Crippen LogP contribution in [-0.4, -0.2) is 44.5 Å². The zero-order valence-electron chi connectivity index (χ0n) is 20.0. The summed E-state index contributed by atoms with van der Waals surface area (Å²) in [7, 11) is -3.86. The Morgan fingerprint density at radius 3 is 2.62 bits per heavy atom. The van der Waals surface area contributed by atoms with Gasteiger partial charge in [0, 0.05) is 39.6 Å². The van der Waals surface area contributed by atoms with Crippen LogP contribution in [0.5, 0.6) is 0 Å². The molecular formula is C26H24N6O3S2. The molecule has 0 aliphatic heterocycles. The number of fused-ring (bicyclic) bond motifs is 2. The molecule has 0 saturated carbocycles. The number of benzene rings is 2. The van der Waals surface area contributed by atoms with Crippen LogP contribution in [0, 0.1) is 0 Å². The first-order valence-corrected chi connectivity index (χ1v) is 13.9. The predicted octanol–water partition coefficient (Wildman–Crippen LogP) is 5.28. The lowest BCUT2D eigenvalue weighted by Gasteiger charge is -2.18. The molecule has 188 valence electrons. The molecule has 9 nitrogen and oxygen atoms in total. The molecule has 11 heteroatoms. The van der Waals surface area contributed by atoms with Gasteiger partial charge >= 0.3 is 0 Å². The monoisotopic (exact) mass is 532 g/mol. The van der Waals surface area contributed by atoms with Crippen LogP contribution in [-0.2, 0) is 16.4 Å². The quantitative estimate of drug-likeness (QED) is 0.190. The zero-order chi connectivity index (χ0) is 25.8. The second-order valence-corrected chi connectivity index (χ2v) is 12.3. The number of nitrogens with zero attached hydrogens (tertiary/aromatic N) is 2. The molecule has 4 aromatic heterocycles. The second kappa shape index (κ2) is 8.58. The molecule has 2 aromatic carbocycles. The maximum Gasteiger partial charge on any atom is 0.261 e. The van der Waals surface area contributed by atoms with Crippen LogP contribution in [0.2, 0.25) is 0 Å². The van der Waals surface area contributed by atoms with Crippen molar-refractivity contribution in [3.63, 3.8) is 0 Å². The molecule has 0 fully saturated rings. The molecule has 0 aliphatic carbocycles. The first kappa shape index (κ1) is 23.5. The first-order chi connectivity index (χ1) is 17.7. The van der Waals surface area contributed by atoms with Crippen molar-refractivity contribution >= 4 is 48.2 Å². The Hall–Kier alpha value is -3.93. The number of sulfonamides is 1. The van der Waals surface area contributed by atoms with Crippen LogP contribution >= 0.6 is 11.3 Å². The summed E-state index contributed by atoms with van der Waals surface area (Å²) in [6, 6.07) is 16.0. The third kappa shape index (κ3) is 4.52. The largest absolute Gasteiger partial charge is 0.390 e. The number of hydrogen-bond acceptors (Lipinski definition) is 6. The number of rotatable bonds is 7. The van der Waals surface area contributed by atoms with Gasteiger partial charge < -0.3 is 10.1 Å². The van der Waals surface area contributed by atoms with E-state index in [1.165, 1.54) is 0 Å². The molecule has 37 heavy (non-hydrogen) atoms. The number of aromatic amines is 3. The van der Waals surface area contributed by atoms with Crippen LogP contribution in [0.3, 0.4) is 0 Å². The average molecular weight is 533 g/mol. The SMILES string of the molecule is CC(C)(O)Cc1cc(S(=O)(=O)Nc2ccccc2)cc2[nH]c(-c3n[nH]c4cc(-c5cn[nH]c5)sc34)cc12. The van der Waals surface area contributed by atoms with Crippen LogP contribution in [0.25, 0.3) is 42.9 Å². The topological polar surface area (TPSA) is 140 Å². The Morgan fingerprint density at radius 1 is 1.08 bits per heavy atom. The van der Waals surface area contributed by atoms with Gasteiger partial charge in [0.25, 0.3) is 10.0 Å². The van der Waals surface area contributed by atoms with Gasteiger partial charge in [-0.25, -0.2) is 8.42 Å². The summed E-state index contributed by atoms with van der Waals surface area (Å²) in [5, 5.41) is 25.9. The molecule has 0 atom stereocenters. The Bertz CT molecular complexity index is 1830. The molecule has 0 aliphatic rings. The van der Waals surface area contributed by atoms with E-state index < -0.39 is 15.6 Å². The van der Waals surface area contributed by atoms with E-state index >= 15 is 0 Å². The lowest BCUT2D eigenvalue weighted by Crippen LogP contribution is -2.22. The van der Waals surface area contributed by atoms with Crippen LogP contribution in [0.1, 0.15) is 19.4 Å². The summed E-state index contributed by atoms with van der Waals surface area (Å²) < 4.78 is 30.2.